The number of benzene rings is 4. The van der Waals surface area contributed by atoms with Gasteiger partial charge < -0.3 is 4.74 Å². The normalized spacial score (nSPS) is 19.2. The third-order valence-corrected chi connectivity index (χ3v) is 9.08. The van der Waals surface area contributed by atoms with Crippen molar-refractivity contribution in [3.63, 3.8) is 0 Å². The van der Waals surface area contributed by atoms with E-state index in [-0.39, 0.29) is 12.1 Å². The van der Waals surface area contributed by atoms with E-state index in [1.165, 1.54) is 21.5 Å². The fourth-order valence-corrected chi connectivity index (χ4v) is 7.41. The number of hydrogen-bond donors (Lipinski definition) is 0. The molecule has 4 aromatic rings. The number of hydrogen-bond acceptors (Lipinski definition) is 2. The highest BCUT2D eigenvalue weighted by atomic mass is 31.1. The highest BCUT2D eigenvalue weighted by Gasteiger charge is 2.36. The van der Waals surface area contributed by atoms with Crippen LogP contribution in [0.25, 0.3) is 0 Å². The second-order valence-electron chi connectivity index (χ2n) is 8.71. The average molecular weight is 472 g/mol. The quantitative estimate of drug-likeness (QED) is 0.272. The van der Waals surface area contributed by atoms with Gasteiger partial charge in [-0.05, 0) is 41.4 Å². The highest BCUT2D eigenvalue weighted by molar-refractivity contribution is 7.76. The van der Waals surface area contributed by atoms with Crippen LogP contribution in [0.5, 0.6) is 0 Å². The molecule has 0 bridgehead atoms. The lowest BCUT2D eigenvalue weighted by molar-refractivity contribution is 0.197. The van der Waals surface area contributed by atoms with E-state index in [1.54, 1.807) is 0 Å². The molecule has 35 heavy (non-hydrogen) atoms. The summed E-state index contributed by atoms with van der Waals surface area (Å²) in [5.74, 6) is 0.760. The van der Waals surface area contributed by atoms with Gasteiger partial charge in [0.2, 0.25) is 5.90 Å². The second-order valence-corrected chi connectivity index (χ2v) is 11.0. The summed E-state index contributed by atoms with van der Waals surface area (Å²) in [6, 6.07) is 42.6. The Balaban J connectivity index is 1.46. The third kappa shape index (κ3) is 4.38. The predicted molar refractivity (Wildman–Crippen MR) is 147 cm³/mol. The lowest BCUT2D eigenvalue weighted by Gasteiger charge is -2.22. The Hall–Kier alpha value is -3.74. The number of allylic oxidation sites excluding steroid dienone is 2. The first kappa shape index (κ1) is 21.8. The van der Waals surface area contributed by atoms with E-state index in [4.69, 9.17) is 9.73 Å². The summed E-state index contributed by atoms with van der Waals surface area (Å²) >= 11 is 0. The number of ether oxygens (including phenoxy) is 1. The predicted octanol–water partition coefficient (Wildman–Crippen LogP) is 7.24. The smallest absolute Gasteiger partial charge is 0.217 e. The average Bonchev–Trinajstić information content (AvgIpc) is 3.59. The van der Waals surface area contributed by atoms with Crippen LogP contribution in [0.2, 0.25) is 0 Å². The fourth-order valence-electron chi connectivity index (χ4n) is 4.85. The molecule has 0 fully saturated rings. The molecule has 0 saturated carbocycles. The van der Waals surface area contributed by atoms with E-state index in [9.17, 15) is 0 Å². The van der Waals surface area contributed by atoms with E-state index >= 15 is 0 Å². The fraction of sp³-hybridized carbons (Fsp3) is 0.0938. The zero-order valence-corrected chi connectivity index (χ0v) is 20.3. The van der Waals surface area contributed by atoms with E-state index in [1.807, 2.05) is 6.07 Å². The molecule has 0 unspecified atom stereocenters. The van der Waals surface area contributed by atoms with Crippen LogP contribution in [0.15, 0.2) is 149 Å². The molecule has 0 spiro atoms. The Morgan fingerprint density at radius 3 is 1.71 bits per heavy atom. The summed E-state index contributed by atoms with van der Waals surface area (Å²) in [7, 11) is -0.688. The van der Waals surface area contributed by atoms with Crippen molar-refractivity contribution >= 4 is 24.4 Å². The molecule has 6 rings (SSSR count). The van der Waals surface area contributed by atoms with Gasteiger partial charge in [-0.15, -0.1) is 0 Å². The zero-order valence-electron chi connectivity index (χ0n) is 19.4. The Kier molecular flexibility index (Phi) is 6.13. The Morgan fingerprint density at radius 2 is 1.14 bits per heavy atom. The van der Waals surface area contributed by atoms with E-state index in [0.29, 0.717) is 0 Å². The molecule has 170 valence electrons. The van der Waals surface area contributed by atoms with E-state index in [0.717, 1.165) is 23.5 Å². The number of aliphatic imine (C=N–C) groups is 1. The van der Waals surface area contributed by atoms with Gasteiger partial charge in [-0.2, -0.15) is 0 Å². The molecule has 0 amide bonds. The molecule has 3 heteroatoms. The molecular formula is C32H26NOP. The lowest BCUT2D eigenvalue weighted by Crippen LogP contribution is -2.15. The Bertz CT molecular complexity index is 1340. The van der Waals surface area contributed by atoms with E-state index in [2.05, 4.69) is 127 Å². The Morgan fingerprint density at radius 1 is 0.629 bits per heavy atom. The molecule has 0 N–H and O–H groups in total. The largest absolute Gasteiger partial charge is 0.467 e. The van der Waals surface area contributed by atoms with Gasteiger partial charge in [-0.1, -0.05) is 133 Å². The second kappa shape index (κ2) is 9.86. The standard InChI is InChI=1S/C32H26NOP/c1-5-14-24(15-6-1)30-31(25-16-7-2-8-17-25)34-32(33-30)28-22-13-23-29(28)35(26-18-9-3-10-19-26)27-20-11-4-12-21-27/h1-22,30-31H,23H2/t30-,31+/m1/s1. The van der Waals surface area contributed by atoms with Crippen LogP contribution in [0.4, 0.5) is 0 Å². The summed E-state index contributed by atoms with van der Waals surface area (Å²) in [5, 5.41) is 4.10. The molecule has 1 heterocycles. The molecule has 1 aliphatic heterocycles. The Labute approximate surface area is 208 Å². The molecule has 1 aliphatic carbocycles. The zero-order chi connectivity index (χ0) is 23.5. The SMILES string of the molecule is C1=CC(C2=N[C@H](c3ccccc3)[C@H](c3ccccc3)O2)=C(P(c2ccccc2)c2ccccc2)C1. The van der Waals surface area contributed by atoms with Gasteiger partial charge >= 0.3 is 0 Å². The van der Waals surface area contributed by atoms with Crippen LogP contribution in [-0.4, -0.2) is 5.90 Å². The minimum Gasteiger partial charge on any atom is -0.467 e. The topological polar surface area (TPSA) is 21.6 Å². The first-order valence-electron chi connectivity index (χ1n) is 12.0. The van der Waals surface area contributed by atoms with Crippen molar-refractivity contribution < 1.29 is 4.74 Å². The summed E-state index contributed by atoms with van der Waals surface area (Å²) in [5.41, 5.74) is 3.47. The van der Waals surface area contributed by atoms with Crippen molar-refractivity contribution in [3.8, 4) is 0 Å². The van der Waals surface area contributed by atoms with Gasteiger partial charge in [0, 0.05) is 5.57 Å². The van der Waals surface area contributed by atoms with Gasteiger partial charge in [0.25, 0.3) is 0 Å². The van der Waals surface area contributed by atoms with Crippen molar-refractivity contribution in [2.24, 2.45) is 4.99 Å². The van der Waals surface area contributed by atoms with Crippen molar-refractivity contribution in [1.29, 1.82) is 0 Å². The number of nitrogens with zero attached hydrogens (tertiary/aromatic N) is 1. The van der Waals surface area contributed by atoms with Crippen molar-refractivity contribution in [3.05, 3.63) is 155 Å². The lowest BCUT2D eigenvalue weighted by atomic mass is 9.97. The number of rotatable bonds is 6. The third-order valence-electron chi connectivity index (χ3n) is 6.49. The maximum atomic E-state index is 6.70. The van der Waals surface area contributed by atoms with Gasteiger partial charge in [0.1, 0.15) is 6.04 Å². The first-order chi connectivity index (χ1) is 17.4. The molecule has 0 aromatic heterocycles. The maximum Gasteiger partial charge on any atom is 0.217 e. The molecule has 0 radical (unpaired) electrons. The minimum absolute atomic E-state index is 0.0731. The van der Waals surface area contributed by atoms with Crippen LogP contribution in [-0.2, 0) is 4.74 Å². The first-order valence-corrected chi connectivity index (χ1v) is 13.4. The molecule has 4 aromatic carbocycles. The van der Waals surface area contributed by atoms with Gasteiger partial charge in [-0.25, -0.2) is 4.99 Å². The molecule has 0 saturated heterocycles. The van der Waals surface area contributed by atoms with Gasteiger partial charge in [-0.3, -0.25) is 0 Å². The van der Waals surface area contributed by atoms with Gasteiger partial charge in [0.15, 0.2) is 6.10 Å². The van der Waals surface area contributed by atoms with Gasteiger partial charge in [0.05, 0.1) is 0 Å². The van der Waals surface area contributed by atoms with Crippen LogP contribution in [0.3, 0.4) is 0 Å². The molecule has 2 aliphatic rings. The summed E-state index contributed by atoms with van der Waals surface area (Å²) in [4.78, 5) is 5.21. The van der Waals surface area contributed by atoms with Crippen LogP contribution < -0.4 is 10.6 Å². The van der Waals surface area contributed by atoms with Crippen molar-refractivity contribution in [1.82, 2.24) is 0 Å². The summed E-state index contributed by atoms with van der Waals surface area (Å²) in [6.45, 7) is 0. The van der Waals surface area contributed by atoms with Crippen molar-refractivity contribution in [2.75, 3.05) is 0 Å². The monoisotopic (exact) mass is 471 g/mol. The molecule has 2 nitrogen and oxygen atoms in total. The highest BCUT2D eigenvalue weighted by Crippen LogP contribution is 2.51. The molecular weight excluding hydrogens is 445 g/mol. The van der Waals surface area contributed by atoms with Crippen LogP contribution in [0, 0.1) is 0 Å². The minimum atomic E-state index is -0.688. The summed E-state index contributed by atoms with van der Waals surface area (Å²) in [6.07, 6.45) is 5.24. The van der Waals surface area contributed by atoms with E-state index < -0.39 is 7.92 Å². The van der Waals surface area contributed by atoms with Crippen LogP contribution in [0.1, 0.15) is 29.7 Å². The summed E-state index contributed by atoms with van der Waals surface area (Å²) < 4.78 is 6.70. The van der Waals surface area contributed by atoms with Crippen LogP contribution >= 0.6 is 7.92 Å². The molecule has 2 atom stereocenters. The van der Waals surface area contributed by atoms with Crippen molar-refractivity contribution in [2.45, 2.75) is 18.6 Å². The maximum absolute atomic E-state index is 6.70.